The summed E-state index contributed by atoms with van der Waals surface area (Å²) in [6.45, 7) is 0.705. The van der Waals surface area contributed by atoms with Crippen LogP contribution in [0.5, 0.6) is 0 Å². The van der Waals surface area contributed by atoms with Gasteiger partial charge < -0.3 is 15.1 Å². The van der Waals surface area contributed by atoms with Crippen LogP contribution in [0.25, 0.3) is 0 Å². The second kappa shape index (κ2) is 9.87. The molecular weight excluding hydrogens is 354 g/mol. The Morgan fingerprint density at radius 3 is 2.50 bits per heavy atom. The van der Waals surface area contributed by atoms with Crippen molar-refractivity contribution in [3.63, 3.8) is 0 Å². The van der Waals surface area contributed by atoms with Gasteiger partial charge in [-0.1, -0.05) is 49.6 Å². The molecule has 1 saturated carbocycles. The second-order valence-corrected chi connectivity index (χ2v) is 8.05. The molecule has 1 aromatic rings. The number of β-lactam (4-membered cyclic amide) rings is 1. The highest BCUT2D eigenvalue weighted by molar-refractivity contribution is 5.83. The van der Waals surface area contributed by atoms with Crippen LogP contribution in [-0.2, 0) is 9.59 Å². The number of hydrogen-bond acceptors (Lipinski definition) is 3. The molecule has 2 atom stereocenters. The Kier molecular flexibility index (Phi) is 7.26. The lowest BCUT2D eigenvalue weighted by molar-refractivity contribution is -0.146. The van der Waals surface area contributed by atoms with E-state index in [4.69, 9.17) is 5.11 Å². The van der Waals surface area contributed by atoms with Crippen molar-refractivity contribution in [1.82, 2.24) is 4.90 Å². The third-order valence-corrected chi connectivity index (χ3v) is 6.10. The van der Waals surface area contributed by atoms with Crippen LogP contribution in [0.1, 0.15) is 81.1 Å². The lowest BCUT2D eigenvalue weighted by atomic mass is 9.82. The molecule has 0 spiro atoms. The first-order valence-electron chi connectivity index (χ1n) is 10.5. The van der Waals surface area contributed by atoms with Gasteiger partial charge in [0.15, 0.2) is 0 Å². The van der Waals surface area contributed by atoms with Crippen molar-refractivity contribution in [3.8, 4) is 0 Å². The predicted molar refractivity (Wildman–Crippen MR) is 108 cm³/mol. The van der Waals surface area contributed by atoms with Crippen molar-refractivity contribution in [3.05, 3.63) is 47.5 Å². The second-order valence-electron chi connectivity index (χ2n) is 8.05. The number of rotatable bonds is 9. The molecule has 0 radical (unpaired) electrons. The number of hydrogen-bond donors (Lipinski definition) is 2. The maximum atomic E-state index is 12.0. The van der Waals surface area contributed by atoms with E-state index in [9.17, 15) is 14.7 Å². The van der Waals surface area contributed by atoms with Crippen molar-refractivity contribution in [1.29, 1.82) is 0 Å². The van der Waals surface area contributed by atoms with Crippen LogP contribution in [0.15, 0.2) is 36.4 Å². The average molecular weight is 386 g/mol. The molecule has 2 N–H and O–H groups in total. The molecule has 1 saturated heterocycles. The number of carbonyl (C=O) groups is 2. The molecule has 1 unspecified atom stereocenters. The van der Waals surface area contributed by atoms with Crippen LogP contribution in [0.4, 0.5) is 0 Å². The zero-order valence-electron chi connectivity index (χ0n) is 16.4. The summed E-state index contributed by atoms with van der Waals surface area (Å²) >= 11 is 0. The molecule has 3 rings (SSSR count). The fourth-order valence-electron chi connectivity index (χ4n) is 4.40. The smallest absolute Gasteiger partial charge is 0.327 e. The van der Waals surface area contributed by atoms with Crippen molar-refractivity contribution >= 4 is 11.9 Å². The molecule has 0 bridgehead atoms. The molecule has 1 amide bonds. The van der Waals surface area contributed by atoms with Gasteiger partial charge in [0.05, 0.1) is 18.6 Å². The van der Waals surface area contributed by atoms with Crippen molar-refractivity contribution < 1.29 is 19.8 Å². The minimum atomic E-state index is -0.921. The summed E-state index contributed by atoms with van der Waals surface area (Å²) < 4.78 is 0. The monoisotopic (exact) mass is 385 g/mol. The average Bonchev–Trinajstić information content (AvgIpc) is 2.71. The van der Waals surface area contributed by atoms with Gasteiger partial charge in [0, 0.05) is 12.6 Å². The van der Waals surface area contributed by atoms with Gasteiger partial charge in [0.2, 0.25) is 5.91 Å². The van der Waals surface area contributed by atoms with E-state index < -0.39 is 5.97 Å². The number of nitrogens with zero attached hydrogens (tertiary/aromatic N) is 1. The Morgan fingerprint density at radius 1 is 1.14 bits per heavy atom. The summed E-state index contributed by atoms with van der Waals surface area (Å²) in [5.74, 6) is -0.371. The standard InChI is InChI=1S/C23H31NO4/c25-21-16-20(24(21)15-7-2-1-6-10-22(26)27)17-11-13-19(14-12-17)23(28)18-8-4-3-5-9-18/h6,10-14,18,20,23,28H,1-5,7-9,15-16H2,(H,26,27)/b10-6+/t20-,23?/m1/s1. The molecule has 1 aromatic carbocycles. The van der Waals surface area contributed by atoms with E-state index in [1.165, 1.54) is 25.3 Å². The Morgan fingerprint density at radius 2 is 1.86 bits per heavy atom. The molecular formula is C23H31NO4. The van der Waals surface area contributed by atoms with Crippen LogP contribution < -0.4 is 0 Å². The molecule has 1 aliphatic carbocycles. The number of aliphatic hydroxyl groups is 1. The summed E-state index contributed by atoms with van der Waals surface area (Å²) in [5.41, 5.74) is 2.11. The third-order valence-electron chi connectivity index (χ3n) is 6.10. The zero-order valence-corrected chi connectivity index (χ0v) is 16.4. The highest BCUT2D eigenvalue weighted by Gasteiger charge is 2.36. The maximum Gasteiger partial charge on any atom is 0.327 e. The van der Waals surface area contributed by atoms with E-state index in [-0.39, 0.29) is 18.1 Å². The number of carboxylic acid groups (broad SMARTS) is 1. The Balaban J connectivity index is 1.50. The first-order chi connectivity index (χ1) is 13.6. The Labute approximate surface area is 167 Å². The number of carbonyl (C=O) groups excluding carboxylic acids is 1. The Bertz CT molecular complexity index is 691. The number of aliphatic hydroxyl groups excluding tert-OH is 1. The topological polar surface area (TPSA) is 77.8 Å². The lowest BCUT2D eigenvalue weighted by Crippen LogP contribution is -2.46. The van der Waals surface area contributed by atoms with E-state index in [1.54, 1.807) is 6.08 Å². The van der Waals surface area contributed by atoms with Gasteiger partial charge in [-0.25, -0.2) is 4.79 Å². The Hall–Kier alpha value is -2.14. The number of carboxylic acids is 1. The van der Waals surface area contributed by atoms with Crippen LogP contribution >= 0.6 is 0 Å². The minimum Gasteiger partial charge on any atom is -0.478 e. The lowest BCUT2D eigenvalue weighted by Gasteiger charge is -2.41. The van der Waals surface area contributed by atoms with Gasteiger partial charge in [-0.05, 0) is 49.1 Å². The number of allylic oxidation sites excluding steroid dienone is 1. The number of benzene rings is 1. The third kappa shape index (κ3) is 5.22. The SMILES string of the molecule is O=C(O)/C=C/CCCCN1C(=O)C[C@@H]1c1ccc(C(O)C2CCCCC2)cc1. The molecule has 152 valence electrons. The van der Waals surface area contributed by atoms with E-state index in [0.717, 1.165) is 36.8 Å². The first kappa shape index (κ1) is 20.6. The maximum absolute atomic E-state index is 12.0. The highest BCUT2D eigenvalue weighted by Crippen LogP contribution is 2.37. The fourth-order valence-corrected chi connectivity index (χ4v) is 4.40. The summed E-state index contributed by atoms with van der Waals surface area (Å²) in [6.07, 6.45) is 11.4. The van der Waals surface area contributed by atoms with Gasteiger partial charge in [-0.2, -0.15) is 0 Å². The molecule has 5 nitrogen and oxygen atoms in total. The normalized spacial score (nSPS) is 21.7. The molecule has 0 aromatic heterocycles. The number of unbranched alkanes of at least 4 members (excludes halogenated alkanes) is 2. The molecule has 2 aliphatic rings. The van der Waals surface area contributed by atoms with Crippen molar-refractivity contribution in [2.24, 2.45) is 5.92 Å². The van der Waals surface area contributed by atoms with Crippen LogP contribution in [-0.4, -0.2) is 33.5 Å². The molecule has 28 heavy (non-hydrogen) atoms. The van der Waals surface area contributed by atoms with E-state index >= 15 is 0 Å². The predicted octanol–water partition coefficient (Wildman–Crippen LogP) is 4.38. The van der Waals surface area contributed by atoms with E-state index in [0.29, 0.717) is 25.3 Å². The first-order valence-corrected chi connectivity index (χ1v) is 10.5. The van der Waals surface area contributed by atoms with Gasteiger partial charge in [-0.15, -0.1) is 0 Å². The van der Waals surface area contributed by atoms with Gasteiger partial charge in [-0.3, -0.25) is 4.79 Å². The quantitative estimate of drug-likeness (QED) is 0.376. The van der Waals surface area contributed by atoms with Gasteiger partial charge >= 0.3 is 5.97 Å². The van der Waals surface area contributed by atoms with Gasteiger partial charge in [0.25, 0.3) is 0 Å². The van der Waals surface area contributed by atoms with Crippen LogP contribution in [0.2, 0.25) is 0 Å². The van der Waals surface area contributed by atoms with Crippen LogP contribution in [0.3, 0.4) is 0 Å². The molecule has 2 fully saturated rings. The molecule has 1 aliphatic heterocycles. The summed E-state index contributed by atoms with van der Waals surface area (Å²) in [6, 6.07) is 8.28. The van der Waals surface area contributed by atoms with Crippen molar-refractivity contribution in [2.75, 3.05) is 6.54 Å². The summed E-state index contributed by atoms with van der Waals surface area (Å²) in [5, 5.41) is 19.2. The van der Waals surface area contributed by atoms with E-state index in [1.807, 2.05) is 17.0 Å². The van der Waals surface area contributed by atoms with Crippen LogP contribution in [0, 0.1) is 5.92 Å². The summed E-state index contributed by atoms with van der Waals surface area (Å²) in [7, 11) is 0. The number of likely N-dealkylation sites (tertiary alicyclic amines) is 1. The largest absolute Gasteiger partial charge is 0.478 e. The number of aliphatic carboxylic acids is 1. The minimum absolute atomic E-state index is 0.128. The zero-order chi connectivity index (χ0) is 19.9. The summed E-state index contributed by atoms with van der Waals surface area (Å²) in [4.78, 5) is 24.3. The molecule has 5 heteroatoms. The molecule has 1 heterocycles. The highest BCUT2D eigenvalue weighted by atomic mass is 16.4. The van der Waals surface area contributed by atoms with Crippen molar-refractivity contribution in [2.45, 2.75) is 69.9 Å². The number of amides is 1. The van der Waals surface area contributed by atoms with Gasteiger partial charge in [0.1, 0.15) is 0 Å². The van der Waals surface area contributed by atoms with E-state index in [2.05, 4.69) is 12.1 Å². The fraction of sp³-hybridized carbons (Fsp3) is 0.565.